The summed E-state index contributed by atoms with van der Waals surface area (Å²) in [6.07, 6.45) is 1.60. The lowest BCUT2D eigenvalue weighted by molar-refractivity contribution is 0.427. The predicted octanol–water partition coefficient (Wildman–Crippen LogP) is 1.80. The second-order valence-corrected chi connectivity index (χ2v) is 3.62. The van der Waals surface area contributed by atoms with Gasteiger partial charge in [-0.1, -0.05) is 30.3 Å². The molecule has 0 aliphatic heterocycles. The van der Waals surface area contributed by atoms with Crippen molar-refractivity contribution in [2.75, 3.05) is 6.67 Å². The van der Waals surface area contributed by atoms with Crippen molar-refractivity contribution >= 4 is 5.84 Å². The van der Waals surface area contributed by atoms with Crippen LogP contribution in [0.2, 0.25) is 0 Å². The van der Waals surface area contributed by atoms with Crippen LogP contribution in [0.15, 0.2) is 36.5 Å². The number of aromatic nitrogens is 2. The van der Waals surface area contributed by atoms with E-state index < -0.39 is 6.67 Å². The first kappa shape index (κ1) is 11.3. The molecule has 88 valence electrons. The van der Waals surface area contributed by atoms with Crippen molar-refractivity contribution in [2.24, 2.45) is 5.73 Å². The van der Waals surface area contributed by atoms with Gasteiger partial charge in [0.25, 0.3) is 0 Å². The Morgan fingerprint density at radius 3 is 2.65 bits per heavy atom. The Morgan fingerprint density at radius 1 is 1.35 bits per heavy atom. The van der Waals surface area contributed by atoms with Crippen LogP contribution in [0.1, 0.15) is 5.56 Å². The zero-order valence-electron chi connectivity index (χ0n) is 9.23. The molecule has 4 nitrogen and oxygen atoms in total. The van der Waals surface area contributed by atoms with Gasteiger partial charge in [0.05, 0.1) is 12.1 Å². The van der Waals surface area contributed by atoms with Crippen LogP contribution in [-0.2, 0) is 6.54 Å². The normalized spacial score (nSPS) is 10.4. The van der Waals surface area contributed by atoms with Crippen molar-refractivity contribution in [1.29, 1.82) is 5.41 Å². The molecule has 17 heavy (non-hydrogen) atoms. The summed E-state index contributed by atoms with van der Waals surface area (Å²) in [5, 5.41) is 11.7. The molecule has 1 heterocycles. The lowest BCUT2D eigenvalue weighted by Gasteiger charge is -1.99. The number of amidine groups is 1. The Bertz CT molecular complexity index is 519. The largest absolute Gasteiger partial charge is 0.384 e. The lowest BCUT2D eigenvalue weighted by atomic mass is 10.1. The molecule has 2 aromatic rings. The molecular formula is C12H13FN4. The quantitative estimate of drug-likeness (QED) is 0.623. The Kier molecular flexibility index (Phi) is 3.18. The van der Waals surface area contributed by atoms with Crippen molar-refractivity contribution < 1.29 is 4.39 Å². The fourth-order valence-corrected chi connectivity index (χ4v) is 1.63. The Balaban J connectivity index is 2.48. The van der Waals surface area contributed by atoms with E-state index in [1.807, 2.05) is 30.3 Å². The second kappa shape index (κ2) is 4.78. The van der Waals surface area contributed by atoms with E-state index >= 15 is 0 Å². The van der Waals surface area contributed by atoms with E-state index in [1.54, 1.807) is 6.20 Å². The average molecular weight is 232 g/mol. The molecule has 0 saturated carbocycles. The summed E-state index contributed by atoms with van der Waals surface area (Å²) < 4.78 is 13.7. The number of nitrogens with zero attached hydrogens (tertiary/aromatic N) is 2. The Morgan fingerprint density at radius 2 is 2.06 bits per heavy atom. The predicted molar refractivity (Wildman–Crippen MR) is 64.7 cm³/mol. The van der Waals surface area contributed by atoms with Crippen LogP contribution in [0.4, 0.5) is 4.39 Å². The molecule has 0 unspecified atom stereocenters. The van der Waals surface area contributed by atoms with Gasteiger partial charge in [-0.15, -0.1) is 0 Å². The minimum absolute atomic E-state index is 0.0611. The monoisotopic (exact) mass is 232 g/mol. The molecule has 1 aromatic heterocycles. The smallest absolute Gasteiger partial charge is 0.126 e. The number of nitrogens with one attached hydrogen (secondary N) is 1. The fraction of sp³-hybridized carbons (Fsp3) is 0.167. The number of hydrogen-bond acceptors (Lipinski definition) is 2. The average Bonchev–Trinajstić information content (AvgIpc) is 2.75. The number of hydrogen-bond donors (Lipinski definition) is 2. The second-order valence-electron chi connectivity index (χ2n) is 3.62. The highest BCUT2D eigenvalue weighted by Crippen LogP contribution is 2.21. The molecule has 0 spiro atoms. The summed E-state index contributed by atoms with van der Waals surface area (Å²) >= 11 is 0. The molecule has 0 aliphatic rings. The van der Waals surface area contributed by atoms with Gasteiger partial charge in [-0.3, -0.25) is 10.1 Å². The third kappa shape index (κ3) is 2.33. The standard InChI is InChI=1S/C12H13FN4/c13-6-7-17-8-10(12(14)15)11(16-17)9-4-2-1-3-5-9/h1-5,8H,6-7H2,(H3,14,15). The van der Waals surface area contributed by atoms with Gasteiger partial charge in [-0.25, -0.2) is 4.39 Å². The highest BCUT2D eigenvalue weighted by molar-refractivity contribution is 6.00. The number of alkyl halides is 1. The molecule has 2 rings (SSSR count). The summed E-state index contributed by atoms with van der Waals surface area (Å²) in [6.45, 7) is -0.319. The summed E-state index contributed by atoms with van der Waals surface area (Å²) in [6, 6.07) is 9.43. The fourth-order valence-electron chi connectivity index (χ4n) is 1.63. The molecule has 1 aromatic carbocycles. The number of aryl methyl sites for hydroxylation is 1. The summed E-state index contributed by atoms with van der Waals surface area (Å²) in [5.41, 5.74) is 7.52. The van der Waals surface area contributed by atoms with Gasteiger partial charge in [0.15, 0.2) is 0 Å². The Labute approximate surface area is 98.4 Å². The number of halogens is 1. The first-order valence-corrected chi connectivity index (χ1v) is 5.25. The van der Waals surface area contributed by atoms with Crippen molar-refractivity contribution in [3.8, 4) is 11.3 Å². The minimum Gasteiger partial charge on any atom is -0.384 e. The van der Waals surface area contributed by atoms with Crippen LogP contribution in [0, 0.1) is 5.41 Å². The maximum Gasteiger partial charge on any atom is 0.126 e. The van der Waals surface area contributed by atoms with Crippen LogP contribution in [-0.4, -0.2) is 22.3 Å². The maximum absolute atomic E-state index is 12.3. The van der Waals surface area contributed by atoms with Gasteiger partial charge in [0, 0.05) is 11.8 Å². The number of nitrogens with two attached hydrogens (primary N) is 1. The highest BCUT2D eigenvalue weighted by atomic mass is 19.1. The van der Waals surface area contributed by atoms with Gasteiger partial charge in [0.1, 0.15) is 18.2 Å². The molecule has 0 amide bonds. The van der Waals surface area contributed by atoms with E-state index in [9.17, 15) is 4.39 Å². The van der Waals surface area contributed by atoms with E-state index in [2.05, 4.69) is 5.10 Å². The van der Waals surface area contributed by atoms with Gasteiger partial charge >= 0.3 is 0 Å². The van der Waals surface area contributed by atoms with Crippen LogP contribution in [0.25, 0.3) is 11.3 Å². The molecule has 0 bridgehead atoms. The van der Waals surface area contributed by atoms with Crippen LogP contribution < -0.4 is 5.73 Å². The van der Waals surface area contributed by atoms with Gasteiger partial charge in [-0.2, -0.15) is 5.10 Å². The van der Waals surface area contributed by atoms with Gasteiger partial charge < -0.3 is 5.73 Å². The van der Waals surface area contributed by atoms with Crippen molar-refractivity contribution in [3.05, 3.63) is 42.1 Å². The van der Waals surface area contributed by atoms with Gasteiger partial charge in [0.2, 0.25) is 0 Å². The number of nitrogen functional groups attached to an aromatic ring is 1. The highest BCUT2D eigenvalue weighted by Gasteiger charge is 2.12. The van der Waals surface area contributed by atoms with Crippen LogP contribution >= 0.6 is 0 Å². The first-order valence-electron chi connectivity index (χ1n) is 5.25. The topological polar surface area (TPSA) is 67.7 Å². The van der Waals surface area contributed by atoms with E-state index in [0.717, 1.165) is 5.56 Å². The zero-order valence-corrected chi connectivity index (χ0v) is 9.23. The molecule has 0 saturated heterocycles. The van der Waals surface area contributed by atoms with E-state index in [0.29, 0.717) is 11.3 Å². The molecule has 0 atom stereocenters. The summed E-state index contributed by atoms with van der Waals surface area (Å²) in [7, 11) is 0. The summed E-state index contributed by atoms with van der Waals surface area (Å²) in [5.74, 6) is -0.0611. The minimum atomic E-state index is -0.493. The number of benzene rings is 1. The van der Waals surface area contributed by atoms with Crippen molar-refractivity contribution in [3.63, 3.8) is 0 Å². The number of rotatable bonds is 4. The van der Waals surface area contributed by atoms with Crippen LogP contribution in [0.3, 0.4) is 0 Å². The molecule has 0 fully saturated rings. The SMILES string of the molecule is N=C(N)c1cn(CCF)nc1-c1ccccc1. The van der Waals surface area contributed by atoms with Crippen molar-refractivity contribution in [2.45, 2.75) is 6.54 Å². The van der Waals surface area contributed by atoms with E-state index in [-0.39, 0.29) is 12.4 Å². The third-order valence-corrected chi connectivity index (χ3v) is 2.41. The molecule has 0 radical (unpaired) electrons. The molecular weight excluding hydrogens is 219 g/mol. The van der Waals surface area contributed by atoms with E-state index in [1.165, 1.54) is 4.68 Å². The Hall–Kier alpha value is -2.17. The zero-order chi connectivity index (χ0) is 12.3. The lowest BCUT2D eigenvalue weighted by Crippen LogP contribution is -2.11. The molecule has 0 aliphatic carbocycles. The molecule has 3 N–H and O–H groups in total. The van der Waals surface area contributed by atoms with Crippen molar-refractivity contribution in [1.82, 2.24) is 9.78 Å². The van der Waals surface area contributed by atoms with Crippen LogP contribution in [0.5, 0.6) is 0 Å². The molecule has 5 heteroatoms. The maximum atomic E-state index is 12.3. The van der Waals surface area contributed by atoms with Gasteiger partial charge in [-0.05, 0) is 0 Å². The van der Waals surface area contributed by atoms with E-state index in [4.69, 9.17) is 11.1 Å². The third-order valence-electron chi connectivity index (χ3n) is 2.41. The first-order chi connectivity index (χ1) is 8.22. The summed E-state index contributed by atoms with van der Waals surface area (Å²) in [4.78, 5) is 0.